The molecule has 1 N–H and O–H groups in total. The van der Waals surface area contributed by atoms with E-state index >= 15 is 0 Å². The fourth-order valence-corrected chi connectivity index (χ4v) is 6.07. The van der Waals surface area contributed by atoms with Crippen molar-refractivity contribution in [1.29, 1.82) is 0 Å². The Labute approximate surface area is 200 Å². The van der Waals surface area contributed by atoms with Gasteiger partial charge in [-0.3, -0.25) is 4.68 Å². The van der Waals surface area contributed by atoms with Crippen molar-refractivity contribution in [1.82, 2.24) is 25.0 Å². The average molecular weight is 461 g/mol. The standard InChI is InChI=1S/C25H32N6.CO2/c1-16-9-10-19-15-31(26-4)24(13-22(19)18(16)3)25-21(11-12-30-14-17(2)28-29-30)20-7-5-6-8-23(20)27-25;2-1-3/h5-8,14,16,18-19,22,24,27H,9-13,15H2,1-3H3;/t16-,18-,19-,22+,24-;/m0./s1. The molecule has 0 bridgehead atoms. The van der Waals surface area contributed by atoms with Crippen LogP contribution >= 0.6 is 0 Å². The largest absolute Gasteiger partial charge is 0.373 e. The van der Waals surface area contributed by atoms with Crippen LogP contribution in [0.25, 0.3) is 15.9 Å². The molecule has 0 amide bonds. The molecule has 1 saturated heterocycles. The van der Waals surface area contributed by atoms with Crippen LogP contribution in [0, 0.1) is 37.2 Å². The van der Waals surface area contributed by atoms with Gasteiger partial charge in [-0.2, -0.15) is 21.1 Å². The number of piperidine rings is 1. The Bertz CT molecular complexity index is 1200. The van der Waals surface area contributed by atoms with Gasteiger partial charge in [-0.25, -0.2) is 0 Å². The van der Waals surface area contributed by atoms with Crippen LogP contribution in [0.3, 0.4) is 0 Å². The number of fused-ring (bicyclic) bond motifs is 2. The Balaban J connectivity index is 0.000000868. The summed E-state index contributed by atoms with van der Waals surface area (Å²) in [5.74, 6) is 2.85. The third-order valence-electron chi connectivity index (χ3n) is 8.00. The van der Waals surface area contributed by atoms with Crippen molar-refractivity contribution in [2.75, 3.05) is 6.54 Å². The molecule has 1 saturated carbocycles. The highest BCUT2D eigenvalue weighted by atomic mass is 16.2. The number of rotatable bonds is 4. The Kier molecular flexibility index (Phi) is 7.14. The number of benzene rings is 1. The summed E-state index contributed by atoms with van der Waals surface area (Å²) in [6, 6.07) is 8.68. The molecule has 2 aliphatic rings. The average Bonchev–Trinajstić information content (AvgIpc) is 3.43. The molecule has 8 nitrogen and oxygen atoms in total. The number of aromatic amines is 1. The second-order valence-corrected chi connectivity index (χ2v) is 9.83. The molecule has 34 heavy (non-hydrogen) atoms. The van der Waals surface area contributed by atoms with Crippen molar-refractivity contribution in [3.8, 4) is 0 Å². The minimum absolute atomic E-state index is 0.131. The zero-order valence-corrected chi connectivity index (χ0v) is 20.1. The third kappa shape index (κ3) is 4.62. The van der Waals surface area contributed by atoms with Crippen molar-refractivity contribution in [3.63, 3.8) is 0 Å². The van der Waals surface area contributed by atoms with Crippen molar-refractivity contribution in [2.24, 2.45) is 23.7 Å². The maximum absolute atomic E-state index is 8.12. The summed E-state index contributed by atoms with van der Waals surface area (Å²) in [7, 11) is 0. The Morgan fingerprint density at radius 2 is 2.00 bits per heavy atom. The van der Waals surface area contributed by atoms with Crippen LogP contribution < -0.4 is 0 Å². The lowest BCUT2D eigenvalue weighted by molar-refractivity contribution is -0.191. The lowest BCUT2D eigenvalue weighted by atomic mass is 9.64. The maximum atomic E-state index is 8.12. The number of H-pyrrole nitrogens is 1. The van der Waals surface area contributed by atoms with Crippen LogP contribution in [0.5, 0.6) is 0 Å². The van der Waals surface area contributed by atoms with Crippen LogP contribution in [-0.4, -0.2) is 37.7 Å². The van der Waals surface area contributed by atoms with Crippen LogP contribution in [0.1, 0.15) is 56.1 Å². The monoisotopic (exact) mass is 460 g/mol. The van der Waals surface area contributed by atoms with E-state index in [0.717, 1.165) is 43.5 Å². The lowest BCUT2D eigenvalue weighted by Gasteiger charge is -2.46. The molecule has 2 aromatic heterocycles. The first-order valence-electron chi connectivity index (χ1n) is 12.1. The molecule has 5 rings (SSSR count). The number of aromatic nitrogens is 4. The summed E-state index contributed by atoms with van der Waals surface area (Å²) in [4.78, 5) is 24.0. The molecule has 0 spiro atoms. The second-order valence-electron chi connectivity index (χ2n) is 9.83. The predicted octanol–water partition coefficient (Wildman–Crippen LogP) is 4.61. The van der Waals surface area contributed by atoms with E-state index in [9.17, 15) is 0 Å². The maximum Gasteiger partial charge on any atom is 0.373 e. The molecule has 2 fully saturated rings. The summed E-state index contributed by atoms with van der Waals surface area (Å²) in [6.07, 6.45) is 6.76. The van der Waals surface area contributed by atoms with Gasteiger partial charge in [-0.15, -0.1) is 10.1 Å². The first-order chi connectivity index (χ1) is 16.5. The minimum Gasteiger partial charge on any atom is -0.356 e. The number of carbonyl (C=O) groups excluding carboxylic acids is 2. The number of aryl methyl sites for hydroxylation is 3. The number of nitrogens with zero attached hydrogens (tertiary/aromatic N) is 5. The Hall–Kier alpha value is -3.43. The Morgan fingerprint density at radius 1 is 1.24 bits per heavy atom. The fraction of sp³-hybridized carbons (Fsp3) is 0.538. The number of hydrogen-bond acceptors (Lipinski definition) is 5. The highest BCUT2D eigenvalue weighted by Gasteiger charge is 2.45. The zero-order chi connectivity index (χ0) is 24.2. The molecule has 3 aromatic rings. The van der Waals surface area contributed by atoms with Gasteiger partial charge in [0.15, 0.2) is 0 Å². The fourth-order valence-electron chi connectivity index (χ4n) is 6.07. The number of hydrogen-bond donors (Lipinski definition) is 1. The van der Waals surface area contributed by atoms with Gasteiger partial charge in [0.1, 0.15) is 6.04 Å². The highest BCUT2D eigenvalue weighted by molar-refractivity contribution is 5.84. The molecule has 0 unspecified atom stereocenters. The lowest BCUT2D eigenvalue weighted by Crippen LogP contribution is -2.45. The molecule has 1 aromatic carbocycles. The van der Waals surface area contributed by atoms with Gasteiger partial charge in [0, 0.05) is 29.3 Å². The quantitative estimate of drug-likeness (QED) is 0.575. The molecular weight excluding hydrogens is 428 g/mol. The van der Waals surface area contributed by atoms with Gasteiger partial charge >= 0.3 is 6.15 Å². The van der Waals surface area contributed by atoms with E-state index in [4.69, 9.17) is 16.2 Å². The van der Waals surface area contributed by atoms with Crippen molar-refractivity contribution < 1.29 is 9.59 Å². The van der Waals surface area contributed by atoms with E-state index in [0.29, 0.717) is 11.8 Å². The zero-order valence-electron chi connectivity index (χ0n) is 20.1. The summed E-state index contributed by atoms with van der Waals surface area (Å²) >= 11 is 0. The summed E-state index contributed by atoms with van der Waals surface area (Å²) in [5.41, 5.74) is 4.67. The topological polar surface area (TPSA) is 88.2 Å². The third-order valence-corrected chi connectivity index (χ3v) is 8.00. The molecule has 178 valence electrons. The smallest absolute Gasteiger partial charge is 0.356 e. The van der Waals surface area contributed by atoms with E-state index in [1.165, 1.54) is 35.0 Å². The SMILES string of the molecule is O=C=O.[C-]#[N+]N1C[C@@H]2CC[C@H](C)[C@H](C)[C@H]2C[C@H]1c1[nH]c2ccccc2c1CCn1cc(C)nn1. The summed E-state index contributed by atoms with van der Waals surface area (Å²) in [6.45, 7) is 16.4. The van der Waals surface area contributed by atoms with Gasteiger partial charge < -0.3 is 4.98 Å². The van der Waals surface area contributed by atoms with Gasteiger partial charge in [-0.05, 0) is 61.5 Å². The summed E-state index contributed by atoms with van der Waals surface area (Å²) in [5, 5.41) is 11.7. The minimum atomic E-state index is 0.131. The van der Waals surface area contributed by atoms with Gasteiger partial charge in [-0.1, -0.05) is 43.7 Å². The van der Waals surface area contributed by atoms with Crippen molar-refractivity contribution >= 4 is 17.1 Å². The molecule has 1 aliphatic heterocycles. The van der Waals surface area contributed by atoms with Crippen molar-refractivity contribution in [3.05, 3.63) is 58.9 Å². The second kappa shape index (κ2) is 10.2. The van der Waals surface area contributed by atoms with Crippen LogP contribution in [0.2, 0.25) is 0 Å². The van der Waals surface area contributed by atoms with Crippen LogP contribution in [-0.2, 0) is 22.6 Å². The molecular formula is C26H32N6O2. The Morgan fingerprint density at radius 3 is 2.71 bits per heavy atom. The number of nitrogens with one attached hydrogen (secondary N) is 1. The molecule has 1 aliphatic carbocycles. The van der Waals surface area contributed by atoms with Crippen molar-refractivity contribution in [2.45, 2.75) is 59.0 Å². The molecule has 3 heterocycles. The first kappa shape index (κ1) is 23.7. The predicted molar refractivity (Wildman–Crippen MR) is 127 cm³/mol. The van der Waals surface area contributed by atoms with E-state index in [1.807, 2.05) is 22.8 Å². The van der Waals surface area contributed by atoms with Gasteiger partial charge in [0.25, 0.3) is 0 Å². The van der Waals surface area contributed by atoms with E-state index in [1.54, 1.807) is 0 Å². The van der Waals surface area contributed by atoms with Gasteiger partial charge in [0.05, 0.1) is 12.2 Å². The van der Waals surface area contributed by atoms with Gasteiger partial charge in [0.2, 0.25) is 0 Å². The van der Waals surface area contributed by atoms with E-state index in [-0.39, 0.29) is 12.2 Å². The molecule has 8 heteroatoms. The molecule has 0 radical (unpaired) electrons. The highest BCUT2D eigenvalue weighted by Crippen LogP contribution is 2.49. The number of para-hydroxylation sites is 1. The van der Waals surface area contributed by atoms with Crippen LogP contribution in [0.15, 0.2) is 30.5 Å². The normalized spacial score (nSPS) is 26.2. The van der Waals surface area contributed by atoms with Crippen LogP contribution in [0.4, 0.5) is 0 Å². The first-order valence-corrected chi connectivity index (χ1v) is 12.1. The van der Waals surface area contributed by atoms with E-state index in [2.05, 4.69) is 58.4 Å². The molecule has 5 atom stereocenters. The van der Waals surface area contributed by atoms with E-state index < -0.39 is 0 Å². The summed E-state index contributed by atoms with van der Waals surface area (Å²) < 4.78 is 1.93.